The Hall–Kier alpha value is -0.720. The third-order valence-electron chi connectivity index (χ3n) is 6.88. The molecular formula is C25H43N3OS2. The predicted molar refractivity (Wildman–Crippen MR) is 140 cm³/mol. The van der Waals surface area contributed by atoms with Crippen molar-refractivity contribution in [2.75, 3.05) is 19.3 Å². The highest BCUT2D eigenvalue weighted by atomic mass is 32.2. The predicted octanol–water partition coefficient (Wildman–Crippen LogP) is 5.98. The largest absolute Gasteiger partial charge is 0.353 e. The Morgan fingerprint density at radius 2 is 1.94 bits per heavy atom. The van der Waals surface area contributed by atoms with E-state index in [0.717, 1.165) is 42.7 Å². The molecule has 0 aromatic heterocycles. The Bertz CT molecular complexity index is 645. The molecule has 4 nitrogen and oxygen atoms in total. The Balaban J connectivity index is 0.00000166. The molecule has 0 aromatic carbocycles. The van der Waals surface area contributed by atoms with Gasteiger partial charge in [-0.1, -0.05) is 19.9 Å². The number of carbonyl (C=O) groups is 1. The van der Waals surface area contributed by atoms with E-state index in [0.29, 0.717) is 17.9 Å². The summed E-state index contributed by atoms with van der Waals surface area (Å²) in [6, 6.07) is 0.377. The molecule has 6 unspecified atom stereocenters. The average Bonchev–Trinajstić information content (AvgIpc) is 2.76. The zero-order valence-electron chi connectivity index (χ0n) is 20.1. The molecule has 6 heteroatoms. The monoisotopic (exact) mass is 465 g/mol. The van der Waals surface area contributed by atoms with E-state index >= 15 is 0 Å². The third kappa shape index (κ3) is 7.97. The highest BCUT2D eigenvalue weighted by Crippen LogP contribution is 2.45. The van der Waals surface area contributed by atoms with Crippen LogP contribution in [0, 0.1) is 29.6 Å². The Kier molecular flexibility index (Phi) is 11.8. The first kappa shape index (κ1) is 26.5. The Morgan fingerprint density at radius 1 is 1.16 bits per heavy atom. The molecule has 3 rings (SSSR count). The highest BCUT2D eigenvalue weighted by molar-refractivity contribution is 8.01. The van der Waals surface area contributed by atoms with Crippen LogP contribution in [-0.4, -0.2) is 41.8 Å². The first-order chi connectivity index (χ1) is 15.0. The van der Waals surface area contributed by atoms with Crippen LogP contribution >= 0.6 is 24.6 Å². The minimum atomic E-state index is 0.101. The zero-order chi connectivity index (χ0) is 22.8. The van der Waals surface area contributed by atoms with Crippen LogP contribution in [-0.2, 0) is 4.79 Å². The number of hydrogen-bond donors (Lipinski definition) is 2. The third-order valence-corrected chi connectivity index (χ3v) is 7.93. The fraction of sp³-hybridized carbons (Fsp3) is 0.760. The lowest BCUT2D eigenvalue weighted by atomic mass is 9.63. The smallest absolute Gasteiger partial charge is 0.224 e. The van der Waals surface area contributed by atoms with Crippen molar-refractivity contribution in [3.63, 3.8) is 0 Å². The lowest BCUT2D eigenvalue weighted by Crippen LogP contribution is -2.53. The van der Waals surface area contributed by atoms with E-state index in [1.807, 2.05) is 26.1 Å². The fourth-order valence-corrected chi connectivity index (χ4v) is 6.84. The van der Waals surface area contributed by atoms with E-state index in [-0.39, 0.29) is 11.8 Å². The first-order valence-corrected chi connectivity index (χ1v) is 13.7. The second-order valence-electron chi connectivity index (χ2n) is 9.44. The number of aliphatic imine (C=N–C) groups is 1. The van der Waals surface area contributed by atoms with Gasteiger partial charge in [0.05, 0.1) is 5.92 Å². The number of thiol groups is 1. The van der Waals surface area contributed by atoms with Gasteiger partial charge in [-0.25, -0.2) is 4.31 Å². The molecule has 31 heavy (non-hydrogen) atoms. The second-order valence-corrected chi connectivity index (χ2v) is 10.6. The number of rotatable bonds is 6. The number of fused-ring (bicyclic) bond motifs is 2. The second kappa shape index (κ2) is 13.7. The van der Waals surface area contributed by atoms with Crippen molar-refractivity contribution >= 4 is 36.7 Å². The molecule has 1 amide bonds. The Labute approximate surface area is 200 Å². The number of nitrogens with one attached hydrogen (secondary N) is 1. The van der Waals surface area contributed by atoms with E-state index in [1.165, 1.54) is 25.7 Å². The van der Waals surface area contributed by atoms with Crippen molar-refractivity contribution in [2.45, 2.75) is 72.3 Å². The maximum Gasteiger partial charge on any atom is 0.224 e. The van der Waals surface area contributed by atoms with Gasteiger partial charge in [-0.2, -0.15) is 12.6 Å². The minimum absolute atomic E-state index is 0.101. The summed E-state index contributed by atoms with van der Waals surface area (Å²) in [5.74, 6) is 3.38. The molecule has 2 saturated carbocycles. The summed E-state index contributed by atoms with van der Waals surface area (Å²) in [4.78, 5) is 18.6. The van der Waals surface area contributed by atoms with Gasteiger partial charge in [0.25, 0.3) is 0 Å². The molecule has 176 valence electrons. The van der Waals surface area contributed by atoms with Crippen LogP contribution in [0.3, 0.4) is 0 Å². The van der Waals surface area contributed by atoms with E-state index in [9.17, 15) is 4.79 Å². The molecule has 0 aromatic rings. The summed E-state index contributed by atoms with van der Waals surface area (Å²) in [6.07, 6.45) is 16.9. The summed E-state index contributed by atoms with van der Waals surface area (Å²) >= 11 is 5.25. The van der Waals surface area contributed by atoms with Crippen LogP contribution in [0.15, 0.2) is 28.2 Å². The first-order valence-electron chi connectivity index (χ1n) is 12.0. The number of piperidine rings is 1. The molecule has 1 saturated heterocycles. The van der Waals surface area contributed by atoms with Crippen molar-refractivity contribution in [1.29, 1.82) is 0 Å². The van der Waals surface area contributed by atoms with Crippen LogP contribution in [0.1, 0.15) is 66.2 Å². The van der Waals surface area contributed by atoms with Gasteiger partial charge in [-0.15, -0.1) is 0 Å². The molecule has 3 aliphatic rings. The van der Waals surface area contributed by atoms with Gasteiger partial charge in [0, 0.05) is 36.5 Å². The van der Waals surface area contributed by atoms with Crippen LogP contribution in [0.5, 0.6) is 0 Å². The maximum absolute atomic E-state index is 13.2. The van der Waals surface area contributed by atoms with Gasteiger partial charge in [0.2, 0.25) is 5.91 Å². The summed E-state index contributed by atoms with van der Waals surface area (Å²) < 4.78 is 2.34. The lowest BCUT2D eigenvalue weighted by Gasteiger charge is -2.47. The van der Waals surface area contributed by atoms with Crippen molar-refractivity contribution < 1.29 is 4.79 Å². The summed E-state index contributed by atoms with van der Waals surface area (Å²) in [7, 11) is 0. The van der Waals surface area contributed by atoms with Gasteiger partial charge in [0.15, 0.2) is 0 Å². The van der Waals surface area contributed by atoms with Gasteiger partial charge < -0.3 is 5.32 Å². The van der Waals surface area contributed by atoms with Gasteiger partial charge in [-0.3, -0.25) is 9.79 Å². The molecule has 3 fully saturated rings. The van der Waals surface area contributed by atoms with Crippen LogP contribution in [0.25, 0.3) is 0 Å². The number of amides is 1. The minimum Gasteiger partial charge on any atom is -0.353 e. The van der Waals surface area contributed by atoms with Crippen LogP contribution < -0.4 is 5.32 Å². The molecule has 2 bridgehead atoms. The molecule has 0 radical (unpaired) electrons. The Morgan fingerprint density at radius 3 is 2.65 bits per heavy atom. The molecule has 1 heterocycles. The standard InChI is InChI=1S/C24H39N3OS.CH4S/c1-5-8-22(15-25-6-2)29-27-10-7-9-20(16-27)24(28)26-23-18(4)13-19-11-17(3)12-21(23)14-19;1-2/h5-6,8,15,17-21,23H,7,9-14,16H2,1-4H3,(H,26,28);2H,1H3/b8-5-,22-15+,25-6?;. The summed E-state index contributed by atoms with van der Waals surface area (Å²) in [5, 5.41) is 3.52. The SMILES string of the molecule is CC=N/C=C(\C=C/C)SN1CCCC(C(=O)NC2C(C)CC3CC(C)CC2C3)C1.CS. The topological polar surface area (TPSA) is 44.7 Å². The maximum atomic E-state index is 13.2. The summed E-state index contributed by atoms with van der Waals surface area (Å²) in [5.41, 5.74) is 0. The lowest BCUT2D eigenvalue weighted by molar-refractivity contribution is -0.128. The molecule has 1 aliphatic heterocycles. The van der Waals surface area contributed by atoms with Crippen LogP contribution in [0.4, 0.5) is 0 Å². The molecule has 0 spiro atoms. The van der Waals surface area contributed by atoms with Gasteiger partial charge in [0.1, 0.15) is 0 Å². The summed E-state index contributed by atoms with van der Waals surface area (Å²) in [6.45, 7) is 10.6. The van der Waals surface area contributed by atoms with E-state index in [4.69, 9.17) is 0 Å². The number of hydrogen-bond acceptors (Lipinski definition) is 5. The fourth-order valence-electron chi connectivity index (χ4n) is 5.77. The quantitative estimate of drug-likeness (QED) is 0.220. The van der Waals surface area contributed by atoms with Crippen molar-refractivity contribution in [1.82, 2.24) is 9.62 Å². The molecule has 2 aliphatic carbocycles. The average molecular weight is 466 g/mol. The van der Waals surface area contributed by atoms with E-state index in [2.05, 4.69) is 47.2 Å². The highest BCUT2D eigenvalue weighted by Gasteiger charge is 2.41. The molecule has 6 atom stereocenters. The van der Waals surface area contributed by atoms with E-state index in [1.54, 1.807) is 24.4 Å². The number of nitrogens with zero attached hydrogens (tertiary/aromatic N) is 2. The van der Waals surface area contributed by atoms with Crippen molar-refractivity contribution in [2.24, 2.45) is 34.6 Å². The van der Waals surface area contributed by atoms with Crippen molar-refractivity contribution in [3.05, 3.63) is 23.3 Å². The molecular weight excluding hydrogens is 422 g/mol. The molecule has 1 N–H and O–H groups in total. The van der Waals surface area contributed by atoms with Gasteiger partial charge >= 0.3 is 0 Å². The van der Waals surface area contributed by atoms with E-state index < -0.39 is 0 Å². The number of allylic oxidation sites excluding steroid dienone is 2. The van der Waals surface area contributed by atoms with Crippen LogP contribution in [0.2, 0.25) is 0 Å². The van der Waals surface area contributed by atoms with Crippen molar-refractivity contribution in [3.8, 4) is 0 Å². The van der Waals surface area contributed by atoms with Gasteiger partial charge in [-0.05, 0) is 100 Å². The normalized spacial score (nSPS) is 34.5. The zero-order valence-corrected chi connectivity index (χ0v) is 21.8. The number of carbonyl (C=O) groups excluding carboxylic acids is 1.